The summed E-state index contributed by atoms with van der Waals surface area (Å²) < 4.78 is 15.4. The summed E-state index contributed by atoms with van der Waals surface area (Å²) in [6.07, 6.45) is 1.16. The van der Waals surface area contributed by atoms with Gasteiger partial charge in [0.2, 0.25) is 11.8 Å². The van der Waals surface area contributed by atoms with E-state index >= 15 is 0 Å². The van der Waals surface area contributed by atoms with E-state index in [0.717, 1.165) is 37.4 Å². The summed E-state index contributed by atoms with van der Waals surface area (Å²) in [5.41, 5.74) is 2.42. The third-order valence-corrected chi connectivity index (χ3v) is 5.00. The zero-order chi connectivity index (χ0) is 18.8. The monoisotopic (exact) mass is 407 g/mol. The first-order valence-electron chi connectivity index (χ1n) is 9.20. The number of halogens is 2. The summed E-state index contributed by atoms with van der Waals surface area (Å²) in [5.74, 6) is -1.19. The highest BCUT2D eigenvalue weighted by Gasteiger charge is 2.35. The molecular weight excluding hydrogens is 385 g/mol. The smallest absolute Gasteiger partial charge is 0.227 e. The van der Waals surface area contributed by atoms with E-state index in [1.807, 2.05) is 10.7 Å². The molecule has 1 aromatic heterocycles. The van der Waals surface area contributed by atoms with Gasteiger partial charge in [-0.1, -0.05) is 6.07 Å². The summed E-state index contributed by atoms with van der Waals surface area (Å²) in [6.45, 7) is 3.23. The predicted molar refractivity (Wildman–Crippen MR) is 105 cm³/mol. The lowest BCUT2D eigenvalue weighted by atomic mass is 10.1. The molecule has 28 heavy (non-hydrogen) atoms. The van der Waals surface area contributed by atoms with Gasteiger partial charge in [-0.25, -0.2) is 4.39 Å². The molecule has 1 atom stereocenters. The van der Waals surface area contributed by atoms with Gasteiger partial charge in [0.05, 0.1) is 23.9 Å². The first-order chi connectivity index (χ1) is 13.1. The van der Waals surface area contributed by atoms with Crippen LogP contribution in [0.4, 0.5) is 10.1 Å². The second kappa shape index (κ2) is 8.70. The zero-order valence-corrected chi connectivity index (χ0v) is 16.2. The van der Waals surface area contributed by atoms with Gasteiger partial charge >= 0.3 is 0 Å². The Morgan fingerprint density at radius 2 is 2.21 bits per heavy atom. The van der Waals surface area contributed by atoms with Crippen molar-refractivity contribution in [3.8, 4) is 0 Å². The highest BCUT2D eigenvalue weighted by Crippen LogP contribution is 2.25. The fourth-order valence-corrected chi connectivity index (χ4v) is 3.61. The Kier molecular flexibility index (Phi) is 6.31. The van der Waals surface area contributed by atoms with Crippen molar-refractivity contribution in [2.75, 3.05) is 18.0 Å². The number of hydrogen-bond acceptors (Lipinski definition) is 4. The van der Waals surface area contributed by atoms with E-state index in [2.05, 4.69) is 15.7 Å². The molecule has 7 nitrogen and oxygen atoms in total. The summed E-state index contributed by atoms with van der Waals surface area (Å²) in [6, 6.07) is 7.87. The molecule has 2 aliphatic rings. The van der Waals surface area contributed by atoms with Gasteiger partial charge in [0.15, 0.2) is 0 Å². The molecule has 1 unspecified atom stereocenters. The standard InChI is InChI=1S/C19H22FN5O2.ClH/c20-14-3-1-4-16(8-14)24-12-13(7-18(24)26)19(27)22-10-15-9-17-11-21-5-2-6-25(17)23-15;/h1,3-4,8-9,13,21H,2,5-7,10-12H2,(H,22,27);1H. The Bertz CT molecular complexity index is 848. The lowest BCUT2D eigenvalue weighted by Gasteiger charge is -2.16. The van der Waals surface area contributed by atoms with Gasteiger partial charge in [0, 0.05) is 31.7 Å². The van der Waals surface area contributed by atoms with Crippen LogP contribution in [0.2, 0.25) is 0 Å². The minimum atomic E-state index is -0.442. The second-order valence-corrected chi connectivity index (χ2v) is 6.98. The van der Waals surface area contributed by atoms with Crippen molar-refractivity contribution in [3.63, 3.8) is 0 Å². The van der Waals surface area contributed by atoms with Crippen LogP contribution >= 0.6 is 12.4 Å². The number of aromatic nitrogens is 2. The SMILES string of the molecule is Cl.O=C(NCc1cc2n(n1)CCCNC2)C1CC(=O)N(c2cccc(F)c2)C1. The highest BCUT2D eigenvalue weighted by atomic mass is 35.5. The van der Waals surface area contributed by atoms with Crippen LogP contribution in [0.25, 0.3) is 0 Å². The topological polar surface area (TPSA) is 79.3 Å². The molecule has 1 fully saturated rings. The molecule has 0 bridgehead atoms. The average molecular weight is 408 g/mol. The fourth-order valence-electron chi connectivity index (χ4n) is 3.61. The Hall–Kier alpha value is -2.45. The number of carbonyl (C=O) groups excluding carboxylic acids is 2. The van der Waals surface area contributed by atoms with E-state index in [9.17, 15) is 14.0 Å². The van der Waals surface area contributed by atoms with Gasteiger partial charge < -0.3 is 15.5 Å². The van der Waals surface area contributed by atoms with Gasteiger partial charge in [-0.2, -0.15) is 5.10 Å². The van der Waals surface area contributed by atoms with Crippen LogP contribution < -0.4 is 15.5 Å². The Balaban J connectivity index is 0.00000225. The molecule has 4 rings (SSSR count). The number of nitrogens with zero attached hydrogens (tertiary/aromatic N) is 3. The number of anilines is 1. The molecule has 0 radical (unpaired) electrons. The van der Waals surface area contributed by atoms with Crippen molar-refractivity contribution in [1.29, 1.82) is 0 Å². The first kappa shape index (κ1) is 20.3. The van der Waals surface area contributed by atoms with Gasteiger partial charge in [-0.15, -0.1) is 12.4 Å². The molecule has 1 saturated heterocycles. The number of aryl methyl sites for hydroxylation is 1. The molecule has 9 heteroatoms. The molecule has 0 aliphatic carbocycles. The second-order valence-electron chi connectivity index (χ2n) is 6.98. The van der Waals surface area contributed by atoms with Crippen molar-refractivity contribution in [2.45, 2.75) is 32.5 Å². The van der Waals surface area contributed by atoms with Crippen molar-refractivity contribution >= 4 is 29.9 Å². The van der Waals surface area contributed by atoms with Gasteiger partial charge in [-0.3, -0.25) is 14.3 Å². The van der Waals surface area contributed by atoms with E-state index in [-0.39, 0.29) is 37.2 Å². The summed E-state index contributed by atoms with van der Waals surface area (Å²) >= 11 is 0. The molecule has 3 heterocycles. The quantitative estimate of drug-likeness (QED) is 0.807. The number of rotatable bonds is 4. The maximum atomic E-state index is 13.4. The molecule has 0 spiro atoms. The maximum absolute atomic E-state index is 13.4. The van der Waals surface area contributed by atoms with Crippen molar-refractivity contribution < 1.29 is 14.0 Å². The van der Waals surface area contributed by atoms with E-state index in [1.54, 1.807) is 12.1 Å². The predicted octanol–water partition coefficient (Wildman–Crippen LogP) is 1.61. The summed E-state index contributed by atoms with van der Waals surface area (Å²) in [5, 5.41) is 10.8. The molecule has 2 N–H and O–H groups in total. The first-order valence-corrected chi connectivity index (χ1v) is 9.20. The number of benzene rings is 1. The Morgan fingerprint density at radius 1 is 1.36 bits per heavy atom. The Labute approximate surface area is 168 Å². The lowest BCUT2D eigenvalue weighted by Crippen LogP contribution is -2.32. The zero-order valence-electron chi connectivity index (χ0n) is 15.4. The van der Waals surface area contributed by atoms with E-state index in [4.69, 9.17) is 0 Å². The number of hydrogen-bond donors (Lipinski definition) is 2. The number of nitrogens with one attached hydrogen (secondary N) is 2. The number of carbonyl (C=O) groups is 2. The van der Waals surface area contributed by atoms with Crippen molar-refractivity contribution in [2.24, 2.45) is 5.92 Å². The summed E-state index contributed by atoms with van der Waals surface area (Å²) in [7, 11) is 0. The van der Waals surface area contributed by atoms with Crippen LogP contribution in [0.3, 0.4) is 0 Å². The van der Waals surface area contributed by atoms with Crippen LogP contribution in [0.5, 0.6) is 0 Å². The molecule has 2 aromatic rings. The summed E-state index contributed by atoms with van der Waals surface area (Å²) in [4.78, 5) is 26.2. The number of amides is 2. The molecule has 150 valence electrons. The lowest BCUT2D eigenvalue weighted by molar-refractivity contribution is -0.126. The van der Waals surface area contributed by atoms with E-state index in [0.29, 0.717) is 12.2 Å². The molecule has 0 saturated carbocycles. The van der Waals surface area contributed by atoms with Gasteiger partial charge in [-0.05, 0) is 37.2 Å². The Morgan fingerprint density at radius 3 is 3.04 bits per heavy atom. The maximum Gasteiger partial charge on any atom is 0.227 e. The van der Waals surface area contributed by atoms with E-state index in [1.165, 1.54) is 17.0 Å². The molecule has 1 aromatic carbocycles. The normalized spacial score (nSPS) is 19.0. The molecule has 2 aliphatic heterocycles. The van der Waals surface area contributed by atoms with Crippen LogP contribution in [0.15, 0.2) is 30.3 Å². The largest absolute Gasteiger partial charge is 0.350 e. The molecule has 2 amide bonds. The fraction of sp³-hybridized carbons (Fsp3) is 0.421. The highest BCUT2D eigenvalue weighted by molar-refractivity contribution is 6.00. The third kappa shape index (κ3) is 4.34. The van der Waals surface area contributed by atoms with Crippen molar-refractivity contribution in [3.05, 3.63) is 47.5 Å². The van der Waals surface area contributed by atoms with Crippen LogP contribution in [0, 0.1) is 11.7 Å². The van der Waals surface area contributed by atoms with Gasteiger partial charge in [0.1, 0.15) is 5.82 Å². The number of fused-ring (bicyclic) bond motifs is 1. The van der Waals surface area contributed by atoms with Crippen molar-refractivity contribution in [1.82, 2.24) is 20.4 Å². The average Bonchev–Trinajstić information content (AvgIpc) is 3.16. The van der Waals surface area contributed by atoms with Crippen LogP contribution in [0.1, 0.15) is 24.2 Å². The third-order valence-electron chi connectivity index (χ3n) is 5.00. The van der Waals surface area contributed by atoms with E-state index < -0.39 is 11.7 Å². The van der Waals surface area contributed by atoms with Crippen LogP contribution in [-0.4, -0.2) is 34.7 Å². The van der Waals surface area contributed by atoms with Crippen LogP contribution in [-0.2, 0) is 29.2 Å². The molecular formula is C19H23ClFN5O2. The minimum absolute atomic E-state index is 0. The minimum Gasteiger partial charge on any atom is -0.350 e. The van der Waals surface area contributed by atoms with Gasteiger partial charge in [0.25, 0.3) is 0 Å².